The standard InChI is InChI=1S/C12H26N2OS/c1-4-13-12-6-9-14(10-7-12)8-5-11(2)16(3)15/h11-13H,4-10H2,1-3H3. The van der Waals surface area contributed by atoms with Crippen molar-refractivity contribution in [3.63, 3.8) is 0 Å². The lowest BCUT2D eigenvalue weighted by atomic mass is 10.0. The first-order valence-electron chi connectivity index (χ1n) is 6.41. The van der Waals surface area contributed by atoms with Crippen molar-refractivity contribution in [2.24, 2.45) is 0 Å². The van der Waals surface area contributed by atoms with E-state index in [1.807, 2.05) is 6.26 Å². The highest BCUT2D eigenvalue weighted by Crippen LogP contribution is 2.11. The Labute approximate surface area is 102 Å². The summed E-state index contributed by atoms with van der Waals surface area (Å²) in [7, 11) is -0.664. The normalized spacial score (nSPS) is 23.2. The predicted octanol–water partition coefficient (Wildman–Crippen LogP) is 1.22. The van der Waals surface area contributed by atoms with Gasteiger partial charge in [0.1, 0.15) is 0 Å². The van der Waals surface area contributed by atoms with Crippen LogP contribution in [0.1, 0.15) is 33.1 Å². The zero-order chi connectivity index (χ0) is 12.0. The highest BCUT2D eigenvalue weighted by Gasteiger charge is 2.18. The Morgan fingerprint density at radius 3 is 2.56 bits per heavy atom. The summed E-state index contributed by atoms with van der Waals surface area (Å²) in [6.07, 6.45) is 5.39. The van der Waals surface area contributed by atoms with E-state index in [2.05, 4.69) is 24.1 Å². The number of hydrogen-bond acceptors (Lipinski definition) is 3. The molecule has 1 N–H and O–H groups in total. The maximum absolute atomic E-state index is 11.2. The van der Waals surface area contributed by atoms with E-state index in [4.69, 9.17) is 0 Å². The largest absolute Gasteiger partial charge is 0.314 e. The van der Waals surface area contributed by atoms with Crippen LogP contribution in [0.15, 0.2) is 0 Å². The highest BCUT2D eigenvalue weighted by atomic mass is 32.2. The first kappa shape index (κ1) is 14.1. The van der Waals surface area contributed by atoms with E-state index in [1.165, 1.54) is 25.9 Å². The summed E-state index contributed by atoms with van der Waals surface area (Å²) in [5, 5.41) is 3.85. The molecule has 16 heavy (non-hydrogen) atoms. The second kappa shape index (κ2) is 7.41. The van der Waals surface area contributed by atoms with Crippen LogP contribution >= 0.6 is 0 Å². The van der Waals surface area contributed by atoms with Gasteiger partial charge in [0.25, 0.3) is 0 Å². The highest BCUT2D eigenvalue weighted by molar-refractivity contribution is 7.84. The second-order valence-corrected chi connectivity index (χ2v) is 6.57. The van der Waals surface area contributed by atoms with Crippen molar-refractivity contribution in [1.82, 2.24) is 10.2 Å². The van der Waals surface area contributed by atoms with Crippen LogP contribution in [0.3, 0.4) is 0 Å². The summed E-state index contributed by atoms with van der Waals surface area (Å²) in [5.41, 5.74) is 0. The molecule has 1 heterocycles. The van der Waals surface area contributed by atoms with Crippen molar-refractivity contribution in [3.8, 4) is 0 Å². The summed E-state index contributed by atoms with van der Waals surface area (Å²) in [5.74, 6) is 0. The van der Waals surface area contributed by atoms with Crippen LogP contribution in [0.4, 0.5) is 0 Å². The predicted molar refractivity (Wildman–Crippen MR) is 71.3 cm³/mol. The molecule has 0 aromatic carbocycles. The minimum atomic E-state index is -0.664. The SMILES string of the molecule is CCNC1CCN(CCC(C)S(C)=O)CC1. The Kier molecular flexibility index (Phi) is 6.54. The van der Waals surface area contributed by atoms with E-state index in [0.717, 1.165) is 25.6 Å². The van der Waals surface area contributed by atoms with Gasteiger partial charge in [-0.2, -0.15) is 0 Å². The van der Waals surface area contributed by atoms with Crippen LogP contribution < -0.4 is 5.32 Å². The Hall–Kier alpha value is 0.0700. The Balaban J connectivity index is 2.14. The topological polar surface area (TPSA) is 32.3 Å². The minimum absolute atomic E-state index is 0.339. The average molecular weight is 246 g/mol. The van der Waals surface area contributed by atoms with Crippen LogP contribution in [0.2, 0.25) is 0 Å². The van der Waals surface area contributed by atoms with Crippen LogP contribution in [0, 0.1) is 0 Å². The molecule has 4 heteroatoms. The summed E-state index contributed by atoms with van der Waals surface area (Å²) >= 11 is 0. The molecule has 1 aliphatic heterocycles. The van der Waals surface area contributed by atoms with Crippen LogP contribution in [0.5, 0.6) is 0 Å². The molecule has 0 radical (unpaired) electrons. The van der Waals surface area contributed by atoms with Gasteiger partial charge < -0.3 is 10.2 Å². The fourth-order valence-corrected chi connectivity index (χ4v) is 2.62. The maximum atomic E-state index is 11.2. The minimum Gasteiger partial charge on any atom is -0.314 e. The third-order valence-corrected chi connectivity index (χ3v) is 4.87. The van der Waals surface area contributed by atoms with Gasteiger partial charge in [0.05, 0.1) is 0 Å². The van der Waals surface area contributed by atoms with Gasteiger partial charge in [-0.15, -0.1) is 0 Å². The average Bonchev–Trinajstić information content (AvgIpc) is 2.28. The third kappa shape index (κ3) is 4.93. The van der Waals surface area contributed by atoms with E-state index < -0.39 is 10.8 Å². The van der Waals surface area contributed by atoms with Crippen molar-refractivity contribution in [2.75, 3.05) is 32.4 Å². The van der Waals surface area contributed by atoms with Gasteiger partial charge in [-0.05, 0) is 45.4 Å². The van der Waals surface area contributed by atoms with Gasteiger partial charge in [0.2, 0.25) is 0 Å². The van der Waals surface area contributed by atoms with Crippen LogP contribution in [-0.4, -0.2) is 52.8 Å². The monoisotopic (exact) mass is 246 g/mol. The number of likely N-dealkylation sites (tertiary alicyclic amines) is 1. The summed E-state index contributed by atoms with van der Waals surface area (Å²) in [4.78, 5) is 2.51. The lowest BCUT2D eigenvalue weighted by Crippen LogP contribution is -2.43. The molecule has 2 unspecified atom stereocenters. The summed E-state index contributed by atoms with van der Waals surface area (Å²) < 4.78 is 11.2. The lowest BCUT2D eigenvalue weighted by molar-refractivity contribution is 0.197. The molecule has 96 valence electrons. The molecule has 1 saturated heterocycles. The number of rotatable bonds is 6. The first-order chi connectivity index (χ1) is 7.63. The van der Waals surface area contributed by atoms with Gasteiger partial charge in [0, 0.05) is 28.3 Å². The van der Waals surface area contributed by atoms with Crippen molar-refractivity contribution in [3.05, 3.63) is 0 Å². The molecule has 0 aliphatic carbocycles. The fraction of sp³-hybridized carbons (Fsp3) is 1.00. The van der Waals surface area contributed by atoms with Crippen molar-refractivity contribution >= 4 is 10.8 Å². The van der Waals surface area contributed by atoms with Crippen LogP contribution in [-0.2, 0) is 10.8 Å². The molecule has 0 spiro atoms. The van der Waals surface area contributed by atoms with Crippen molar-refractivity contribution < 1.29 is 4.21 Å². The van der Waals surface area contributed by atoms with Crippen molar-refractivity contribution in [1.29, 1.82) is 0 Å². The van der Waals surface area contributed by atoms with Crippen LogP contribution in [0.25, 0.3) is 0 Å². The molecule has 1 aliphatic rings. The molecular formula is C12H26N2OS. The molecule has 0 aromatic rings. The molecule has 0 bridgehead atoms. The smallest absolute Gasteiger partial charge is 0.0329 e. The molecule has 1 fully saturated rings. The van der Waals surface area contributed by atoms with E-state index in [9.17, 15) is 4.21 Å². The molecule has 0 saturated carbocycles. The molecule has 3 nitrogen and oxygen atoms in total. The van der Waals surface area contributed by atoms with Gasteiger partial charge >= 0.3 is 0 Å². The van der Waals surface area contributed by atoms with Gasteiger partial charge in [-0.25, -0.2) is 0 Å². The second-order valence-electron chi connectivity index (χ2n) is 4.77. The van der Waals surface area contributed by atoms with Gasteiger partial charge in [-0.3, -0.25) is 4.21 Å². The molecule has 1 rings (SSSR count). The Morgan fingerprint density at radius 2 is 2.06 bits per heavy atom. The fourth-order valence-electron chi connectivity index (χ4n) is 2.18. The number of nitrogens with zero attached hydrogens (tertiary/aromatic N) is 1. The third-order valence-electron chi connectivity index (χ3n) is 3.50. The Morgan fingerprint density at radius 1 is 1.44 bits per heavy atom. The van der Waals surface area contributed by atoms with Gasteiger partial charge in [0.15, 0.2) is 0 Å². The number of piperidine rings is 1. The molecule has 0 amide bonds. The van der Waals surface area contributed by atoms with E-state index in [-0.39, 0.29) is 0 Å². The molecule has 2 atom stereocenters. The summed E-state index contributed by atoms with van der Waals surface area (Å²) in [6, 6.07) is 0.721. The van der Waals surface area contributed by atoms with Gasteiger partial charge in [-0.1, -0.05) is 13.8 Å². The van der Waals surface area contributed by atoms with Crippen molar-refractivity contribution in [2.45, 2.75) is 44.4 Å². The quantitative estimate of drug-likeness (QED) is 0.765. The van der Waals surface area contributed by atoms with E-state index in [0.29, 0.717) is 5.25 Å². The summed E-state index contributed by atoms with van der Waals surface area (Å²) in [6.45, 7) is 8.84. The van der Waals surface area contributed by atoms with E-state index in [1.54, 1.807) is 0 Å². The zero-order valence-corrected chi connectivity index (χ0v) is 11.7. The maximum Gasteiger partial charge on any atom is 0.0329 e. The molecular weight excluding hydrogens is 220 g/mol. The lowest BCUT2D eigenvalue weighted by Gasteiger charge is -2.32. The Bertz CT molecular complexity index is 215. The molecule has 0 aromatic heterocycles. The zero-order valence-electron chi connectivity index (χ0n) is 10.9. The number of nitrogens with one attached hydrogen (secondary N) is 1. The van der Waals surface area contributed by atoms with E-state index >= 15 is 0 Å². The number of hydrogen-bond donors (Lipinski definition) is 1. The first-order valence-corrected chi connectivity index (χ1v) is 8.03.